The Bertz CT molecular complexity index is 1150. The van der Waals surface area contributed by atoms with Gasteiger partial charge in [-0.25, -0.2) is 8.42 Å². The molecule has 4 rings (SSSR count). The number of rotatable bonds is 7. The van der Waals surface area contributed by atoms with Gasteiger partial charge in [0.25, 0.3) is 10.0 Å². The first kappa shape index (κ1) is 24.4. The second-order valence-corrected chi connectivity index (χ2v) is 11.4. The number of aliphatic imine (C=N–C) groups is 1. The van der Waals surface area contributed by atoms with Gasteiger partial charge in [-0.05, 0) is 61.0 Å². The van der Waals surface area contributed by atoms with Crippen molar-refractivity contribution in [3.63, 3.8) is 0 Å². The maximum Gasteiger partial charge on any atom is 0.263 e. The molecule has 1 amide bonds. The number of carbonyl (C=O) groups excluding carboxylic acids is 1. The van der Waals surface area contributed by atoms with E-state index in [-0.39, 0.29) is 22.6 Å². The Morgan fingerprint density at radius 1 is 1.09 bits per heavy atom. The molecule has 7 nitrogen and oxygen atoms in total. The van der Waals surface area contributed by atoms with E-state index in [2.05, 4.69) is 51.1 Å². The van der Waals surface area contributed by atoms with E-state index in [0.717, 1.165) is 31.1 Å². The third kappa shape index (κ3) is 5.67. The van der Waals surface area contributed by atoms with E-state index >= 15 is 0 Å². The van der Waals surface area contributed by atoms with Crippen LogP contribution in [0.5, 0.6) is 0 Å². The molecule has 1 saturated heterocycles. The molecule has 2 N–H and O–H groups in total. The van der Waals surface area contributed by atoms with E-state index in [1.807, 2.05) is 13.8 Å². The molecule has 1 fully saturated rings. The number of fused-ring (bicyclic) bond motifs is 1. The van der Waals surface area contributed by atoms with Crippen molar-refractivity contribution in [1.82, 2.24) is 14.9 Å². The SMILES string of the molecule is CC1CCN(Cc2ccc(CNC(=O)[C@@H](N=C3NS(=O)(=O)c4ccccc43)C(C)C)cc2)CC1. The van der Waals surface area contributed by atoms with Crippen LogP contribution in [0.2, 0.25) is 0 Å². The highest BCUT2D eigenvalue weighted by Gasteiger charge is 2.32. The number of hydrogen-bond donors (Lipinski definition) is 2. The molecule has 1 atom stereocenters. The number of carbonyl (C=O) groups is 1. The van der Waals surface area contributed by atoms with E-state index in [9.17, 15) is 13.2 Å². The van der Waals surface area contributed by atoms with Gasteiger partial charge >= 0.3 is 0 Å². The first-order valence-corrected chi connectivity index (χ1v) is 13.5. The minimum absolute atomic E-state index is 0.0978. The molecule has 182 valence electrons. The molecular weight excluding hydrogens is 448 g/mol. The predicted molar refractivity (Wildman–Crippen MR) is 134 cm³/mol. The number of nitrogens with zero attached hydrogens (tertiary/aromatic N) is 2. The van der Waals surface area contributed by atoms with Crippen molar-refractivity contribution in [1.29, 1.82) is 0 Å². The Morgan fingerprint density at radius 2 is 1.74 bits per heavy atom. The topological polar surface area (TPSA) is 90.9 Å². The average Bonchev–Trinajstić information content (AvgIpc) is 3.08. The summed E-state index contributed by atoms with van der Waals surface area (Å²) in [6.45, 7) is 9.79. The summed E-state index contributed by atoms with van der Waals surface area (Å²) in [5.74, 6) is 0.725. The van der Waals surface area contributed by atoms with Crippen LogP contribution in [0, 0.1) is 11.8 Å². The highest BCUT2D eigenvalue weighted by Crippen LogP contribution is 2.23. The van der Waals surface area contributed by atoms with Crippen LogP contribution < -0.4 is 10.0 Å². The maximum atomic E-state index is 13.0. The molecule has 0 spiro atoms. The molecule has 0 bridgehead atoms. The molecule has 0 saturated carbocycles. The number of nitrogens with one attached hydrogen (secondary N) is 2. The molecule has 2 aliphatic rings. The summed E-state index contributed by atoms with van der Waals surface area (Å²) >= 11 is 0. The Kier molecular flexibility index (Phi) is 7.38. The lowest BCUT2D eigenvalue weighted by Crippen LogP contribution is -2.38. The van der Waals surface area contributed by atoms with Crippen LogP contribution in [-0.2, 0) is 27.9 Å². The van der Waals surface area contributed by atoms with Crippen LogP contribution in [0.15, 0.2) is 58.4 Å². The zero-order valence-corrected chi connectivity index (χ0v) is 20.9. The lowest BCUT2D eigenvalue weighted by molar-refractivity contribution is -0.123. The lowest BCUT2D eigenvalue weighted by Gasteiger charge is -2.30. The molecular formula is C26H34N4O3S. The molecule has 2 aromatic carbocycles. The fraction of sp³-hybridized carbons (Fsp3) is 0.462. The summed E-state index contributed by atoms with van der Waals surface area (Å²) in [6.07, 6.45) is 2.52. The van der Waals surface area contributed by atoms with Crippen molar-refractivity contribution >= 4 is 21.8 Å². The first-order valence-electron chi connectivity index (χ1n) is 12.0. The third-order valence-corrected chi connectivity index (χ3v) is 8.00. The Balaban J connectivity index is 1.38. The van der Waals surface area contributed by atoms with Gasteiger partial charge in [-0.2, -0.15) is 0 Å². The number of amidine groups is 1. The monoisotopic (exact) mass is 482 g/mol. The van der Waals surface area contributed by atoms with Crippen LogP contribution in [0.25, 0.3) is 0 Å². The van der Waals surface area contributed by atoms with Crippen molar-refractivity contribution in [3.05, 3.63) is 65.2 Å². The molecule has 34 heavy (non-hydrogen) atoms. The highest BCUT2D eigenvalue weighted by molar-refractivity contribution is 7.90. The third-order valence-electron chi connectivity index (χ3n) is 6.60. The average molecular weight is 483 g/mol. The lowest BCUT2D eigenvalue weighted by atomic mass is 9.99. The largest absolute Gasteiger partial charge is 0.350 e. The molecule has 8 heteroatoms. The van der Waals surface area contributed by atoms with Crippen LogP contribution in [0.3, 0.4) is 0 Å². The summed E-state index contributed by atoms with van der Waals surface area (Å²) in [5, 5.41) is 2.97. The van der Waals surface area contributed by atoms with E-state index in [0.29, 0.717) is 12.1 Å². The summed E-state index contributed by atoms with van der Waals surface area (Å²) in [4.78, 5) is 20.2. The quantitative estimate of drug-likeness (QED) is 0.634. The van der Waals surface area contributed by atoms with Gasteiger partial charge in [-0.3, -0.25) is 19.4 Å². The van der Waals surface area contributed by atoms with Gasteiger partial charge in [0, 0.05) is 18.7 Å². The van der Waals surface area contributed by atoms with Crippen molar-refractivity contribution in [2.75, 3.05) is 13.1 Å². The first-order chi connectivity index (χ1) is 16.2. The Labute approximate surface area is 202 Å². The fourth-order valence-electron chi connectivity index (χ4n) is 4.41. The van der Waals surface area contributed by atoms with E-state index in [4.69, 9.17) is 0 Å². The van der Waals surface area contributed by atoms with E-state index in [1.165, 1.54) is 18.4 Å². The second kappa shape index (κ2) is 10.3. The standard InChI is InChI=1S/C26H34N4O3S/c1-18(2)24(28-25-22-6-4-5-7-23(22)34(32,33)29-25)26(31)27-16-20-8-10-21(11-9-20)17-30-14-12-19(3)13-15-30/h4-11,18-19,24H,12-17H2,1-3H3,(H,27,31)(H,28,29)/t24-/m0/s1. The highest BCUT2D eigenvalue weighted by atomic mass is 32.2. The van der Waals surface area contributed by atoms with Crippen molar-refractivity contribution in [3.8, 4) is 0 Å². The molecule has 0 unspecified atom stereocenters. The van der Waals surface area contributed by atoms with E-state index in [1.54, 1.807) is 24.3 Å². The van der Waals surface area contributed by atoms with Gasteiger partial charge in [-0.15, -0.1) is 0 Å². The summed E-state index contributed by atoms with van der Waals surface area (Å²) in [6, 6.07) is 14.3. The van der Waals surface area contributed by atoms with Gasteiger partial charge in [-0.1, -0.05) is 57.2 Å². The smallest absolute Gasteiger partial charge is 0.263 e. The zero-order chi connectivity index (χ0) is 24.3. The van der Waals surface area contributed by atoms with Crippen LogP contribution in [0.1, 0.15) is 50.3 Å². The molecule has 2 aromatic rings. The van der Waals surface area contributed by atoms with Crippen molar-refractivity contribution < 1.29 is 13.2 Å². The normalized spacial score (nSPS) is 20.2. The number of likely N-dealkylation sites (tertiary alicyclic amines) is 1. The molecule has 0 aromatic heterocycles. The number of sulfonamides is 1. The van der Waals surface area contributed by atoms with Crippen molar-refractivity contribution in [2.24, 2.45) is 16.8 Å². The van der Waals surface area contributed by atoms with Crippen molar-refractivity contribution in [2.45, 2.75) is 57.6 Å². The number of amides is 1. The minimum atomic E-state index is -3.64. The van der Waals surface area contributed by atoms with Crippen LogP contribution >= 0.6 is 0 Å². The van der Waals surface area contributed by atoms with Gasteiger partial charge < -0.3 is 5.32 Å². The Morgan fingerprint density at radius 3 is 2.41 bits per heavy atom. The Hall–Kier alpha value is -2.71. The molecule has 0 radical (unpaired) electrons. The summed E-state index contributed by atoms with van der Waals surface area (Å²) in [7, 11) is -3.64. The van der Waals surface area contributed by atoms with E-state index < -0.39 is 16.1 Å². The zero-order valence-electron chi connectivity index (χ0n) is 20.1. The van der Waals surface area contributed by atoms with Gasteiger partial charge in [0.1, 0.15) is 11.9 Å². The molecule has 2 heterocycles. The van der Waals surface area contributed by atoms with Crippen LogP contribution in [-0.4, -0.2) is 44.2 Å². The van der Waals surface area contributed by atoms with Gasteiger partial charge in [0.2, 0.25) is 5.91 Å². The summed E-state index contributed by atoms with van der Waals surface area (Å²) in [5.41, 5.74) is 2.80. The number of piperidine rings is 1. The predicted octanol–water partition coefficient (Wildman–Crippen LogP) is 3.30. The van der Waals surface area contributed by atoms with Gasteiger partial charge in [0.05, 0.1) is 4.90 Å². The van der Waals surface area contributed by atoms with Gasteiger partial charge in [0.15, 0.2) is 0 Å². The van der Waals surface area contributed by atoms with Crippen LogP contribution in [0.4, 0.5) is 0 Å². The number of hydrogen-bond acceptors (Lipinski definition) is 5. The maximum absolute atomic E-state index is 13.0. The molecule has 2 aliphatic heterocycles. The fourth-order valence-corrected chi connectivity index (χ4v) is 5.65. The minimum Gasteiger partial charge on any atom is -0.350 e. The summed E-state index contributed by atoms with van der Waals surface area (Å²) < 4.78 is 27.2. The number of benzene rings is 2. The second-order valence-electron chi connectivity index (χ2n) is 9.76. The molecule has 0 aliphatic carbocycles.